The summed E-state index contributed by atoms with van der Waals surface area (Å²) in [5.41, 5.74) is 1.30. The van der Waals surface area contributed by atoms with Crippen LogP contribution in [0.15, 0.2) is 10.7 Å². The standard InChI is InChI=1S/C10H13BrN2/c11-10-5-9(8-3-4-8)12-13(10)6-7-1-2-7/h5,7-8H,1-4,6H2. The van der Waals surface area contributed by atoms with Crippen molar-refractivity contribution >= 4 is 15.9 Å². The normalized spacial score (nSPS) is 22.2. The summed E-state index contributed by atoms with van der Waals surface area (Å²) < 4.78 is 3.30. The smallest absolute Gasteiger partial charge is 0.104 e. The first-order valence-corrected chi connectivity index (χ1v) is 5.85. The Morgan fingerprint density at radius 2 is 2.15 bits per heavy atom. The van der Waals surface area contributed by atoms with Gasteiger partial charge >= 0.3 is 0 Å². The summed E-state index contributed by atoms with van der Waals surface area (Å²) in [6.45, 7) is 1.12. The monoisotopic (exact) mass is 240 g/mol. The van der Waals surface area contributed by atoms with Crippen molar-refractivity contribution in [2.45, 2.75) is 38.1 Å². The van der Waals surface area contributed by atoms with Gasteiger partial charge in [0.05, 0.1) is 5.69 Å². The van der Waals surface area contributed by atoms with E-state index in [1.807, 2.05) is 0 Å². The summed E-state index contributed by atoms with van der Waals surface area (Å²) in [6, 6.07) is 2.19. The molecule has 2 nitrogen and oxygen atoms in total. The highest BCUT2D eigenvalue weighted by Crippen LogP contribution is 2.40. The molecule has 0 atom stereocenters. The molecule has 70 valence electrons. The molecule has 0 saturated heterocycles. The third-order valence-electron chi connectivity index (χ3n) is 2.87. The summed E-state index contributed by atoms with van der Waals surface area (Å²) in [7, 11) is 0. The first kappa shape index (κ1) is 8.04. The van der Waals surface area contributed by atoms with Crippen LogP contribution in [0.5, 0.6) is 0 Å². The van der Waals surface area contributed by atoms with Gasteiger partial charge in [-0.05, 0) is 53.6 Å². The predicted molar refractivity (Wildman–Crippen MR) is 54.6 cm³/mol. The van der Waals surface area contributed by atoms with Crippen LogP contribution < -0.4 is 0 Å². The molecule has 0 aromatic carbocycles. The lowest BCUT2D eigenvalue weighted by Gasteiger charge is -1.99. The molecule has 0 spiro atoms. The second-order valence-electron chi connectivity index (χ2n) is 4.29. The number of hydrogen-bond acceptors (Lipinski definition) is 1. The molecule has 1 aromatic heterocycles. The third-order valence-corrected chi connectivity index (χ3v) is 3.51. The van der Waals surface area contributed by atoms with Crippen molar-refractivity contribution in [1.82, 2.24) is 9.78 Å². The molecule has 13 heavy (non-hydrogen) atoms. The molecule has 1 heterocycles. The fraction of sp³-hybridized carbons (Fsp3) is 0.700. The summed E-state index contributed by atoms with van der Waals surface area (Å²) in [6.07, 6.45) is 5.47. The second-order valence-corrected chi connectivity index (χ2v) is 5.10. The molecule has 3 heteroatoms. The maximum Gasteiger partial charge on any atom is 0.104 e. The largest absolute Gasteiger partial charge is 0.258 e. The van der Waals surface area contributed by atoms with Crippen LogP contribution >= 0.6 is 15.9 Å². The molecule has 0 radical (unpaired) electrons. The zero-order chi connectivity index (χ0) is 8.84. The van der Waals surface area contributed by atoms with E-state index in [1.165, 1.54) is 36.0 Å². The molecule has 3 rings (SSSR count). The molecule has 2 saturated carbocycles. The minimum absolute atomic E-state index is 0.775. The van der Waals surface area contributed by atoms with Gasteiger partial charge in [-0.1, -0.05) is 0 Å². The lowest BCUT2D eigenvalue weighted by atomic mass is 10.3. The Morgan fingerprint density at radius 3 is 2.77 bits per heavy atom. The van der Waals surface area contributed by atoms with E-state index in [1.54, 1.807) is 0 Å². The quantitative estimate of drug-likeness (QED) is 0.795. The minimum Gasteiger partial charge on any atom is -0.258 e. The van der Waals surface area contributed by atoms with E-state index in [4.69, 9.17) is 0 Å². The van der Waals surface area contributed by atoms with Gasteiger partial charge in [0.1, 0.15) is 4.60 Å². The van der Waals surface area contributed by atoms with Crippen LogP contribution in [0.3, 0.4) is 0 Å². The van der Waals surface area contributed by atoms with Crippen LogP contribution in [0.2, 0.25) is 0 Å². The number of aromatic nitrogens is 2. The van der Waals surface area contributed by atoms with Gasteiger partial charge in [0.15, 0.2) is 0 Å². The Hall–Kier alpha value is -0.310. The van der Waals surface area contributed by atoms with Crippen LogP contribution in [-0.4, -0.2) is 9.78 Å². The van der Waals surface area contributed by atoms with Gasteiger partial charge in [0, 0.05) is 12.5 Å². The fourth-order valence-electron chi connectivity index (χ4n) is 1.66. The maximum atomic E-state index is 4.62. The average molecular weight is 241 g/mol. The molecule has 0 aliphatic heterocycles. The third kappa shape index (κ3) is 1.66. The Kier molecular flexibility index (Phi) is 1.76. The van der Waals surface area contributed by atoms with Gasteiger partial charge in [-0.2, -0.15) is 5.10 Å². The highest BCUT2D eigenvalue weighted by molar-refractivity contribution is 9.10. The van der Waals surface area contributed by atoms with E-state index in [-0.39, 0.29) is 0 Å². The number of nitrogens with zero attached hydrogens (tertiary/aromatic N) is 2. The Balaban J connectivity index is 1.81. The number of halogens is 1. The van der Waals surface area contributed by atoms with Crippen molar-refractivity contribution in [3.63, 3.8) is 0 Å². The van der Waals surface area contributed by atoms with Crippen molar-refractivity contribution < 1.29 is 0 Å². The average Bonchev–Trinajstić information content (AvgIpc) is 2.97. The predicted octanol–water partition coefficient (Wildman–Crippen LogP) is 2.93. The van der Waals surface area contributed by atoms with Crippen molar-refractivity contribution in [3.8, 4) is 0 Å². The lowest BCUT2D eigenvalue weighted by Crippen LogP contribution is -2.02. The van der Waals surface area contributed by atoms with E-state index >= 15 is 0 Å². The highest BCUT2D eigenvalue weighted by Gasteiger charge is 2.28. The van der Waals surface area contributed by atoms with Crippen LogP contribution in [0, 0.1) is 5.92 Å². The molecule has 1 aromatic rings. The van der Waals surface area contributed by atoms with Crippen LogP contribution in [0.1, 0.15) is 37.3 Å². The molecule has 2 aliphatic carbocycles. The van der Waals surface area contributed by atoms with Crippen LogP contribution in [0.25, 0.3) is 0 Å². The zero-order valence-electron chi connectivity index (χ0n) is 7.54. The van der Waals surface area contributed by atoms with E-state index in [0.29, 0.717) is 0 Å². The Bertz CT molecular complexity index is 324. The highest BCUT2D eigenvalue weighted by atomic mass is 79.9. The maximum absolute atomic E-state index is 4.62. The van der Waals surface area contributed by atoms with Crippen molar-refractivity contribution in [2.24, 2.45) is 5.92 Å². The number of hydrogen-bond donors (Lipinski definition) is 0. The topological polar surface area (TPSA) is 17.8 Å². The number of rotatable bonds is 3. The molecule has 0 N–H and O–H groups in total. The van der Waals surface area contributed by atoms with Crippen molar-refractivity contribution in [1.29, 1.82) is 0 Å². The molecular formula is C10H13BrN2. The molecule has 0 amide bonds. The molecular weight excluding hydrogens is 228 g/mol. The van der Waals surface area contributed by atoms with Gasteiger partial charge in [-0.15, -0.1) is 0 Å². The molecule has 2 fully saturated rings. The summed E-state index contributed by atoms with van der Waals surface area (Å²) in [5, 5.41) is 4.62. The fourth-order valence-corrected chi connectivity index (χ4v) is 2.12. The molecule has 0 unspecified atom stereocenters. The Labute approximate surface area is 86.4 Å². The van der Waals surface area contributed by atoms with E-state index in [0.717, 1.165) is 18.4 Å². The van der Waals surface area contributed by atoms with Crippen molar-refractivity contribution in [3.05, 3.63) is 16.4 Å². The van der Waals surface area contributed by atoms with Crippen LogP contribution in [0.4, 0.5) is 0 Å². The van der Waals surface area contributed by atoms with Crippen molar-refractivity contribution in [2.75, 3.05) is 0 Å². The van der Waals surface area contributed by atoms with E-state index in [2.05, 4.69) is 31.8 Å². The second kappa shape index (κ2) is 2.84. The van der Waals surface area contributed by atoms with Gasteiger partial charge in [-0.25, -0.2) is 0 Å². The van der Waals surface area contributed by atoms with E-state index in [9.17, 15) is 0 Å². The SMILES string of the molecule is Brc1cc(C2CC2)nn1CC1CC1. The first-order chi connectivity index (χ1) is 6.33. The molecule has 0 bridgehead atoms. The van der Waals surface area contributed by atoms with Gasteiger partial charge in [0.25, 0.3) is 0 Å². The molecule has 2 aliphatic rings. The summed E-state index contributed by atoms with van der Waals surface area (Å²) >= 11 is 3.57. The van der Waals surface area contributed by atoms with E-state index < -0.39 is 0 Å². The Morgan fingerprint density at radius 1 is 1.38 bits per heavy atom. The summed E-state index contributed by atoms with van der Waals surface area (Å²) in [5.74, 6) is 1.68. The zero-order valence-corrected chi connectivity index (χ0v) is 9.13. The first-order valence-electron chi connectivity index (χ1n) is 5.06. The van der Waals surface area contributed by atoms with Crippen LogP contribution in [-0.2, 0) is 6.54 Å². The lowest BCUT2D eigenvalue weighted by molar-refractivity contribution is 0.547. The van der Waals surface area contributed by atoms with Gasteiger partial charge in [-0.3, -0.25) is 4.68 Å². The van der Waals surface area contributed by atoms with Gasteiger partial charge in [0.2, 0.25) is 0 Å². The summed E-state index contributed by atoms with van der Waals surface area (Å²) in [4.78, 5) is 0. The minimum atomic E-state index is 0.775. The van der Waals surface area contributed by atoms with Gasteiger partial charge < -0.3 is 0 Å².